The van der Waals surface area contributed by atoms with Gasteiger partial charge in [0, 0.05) is 11.8 Å². The molecule has 0 aromatic carbocycles. The van der Waals surface area contributed by atoms with Gasteiger partial charge in [-0.15, -0.1) is 0 Å². The highest BCUT2D eigenvalue weighted by Gasteiger charge is 2.77. The molecule has 0 amide bonds. The highest BCUT2D eigenvalue weighted by molar-refractivity contribution is 5.77. The smallest absolute Gasteiger partial charge is 0.315 e. The molecule has 4 fully saturated rings. The largest absolute Gasteiger partial charge is 1.00 e. The summed E-state index contributed by atoms with van der Waals surface area (Å²) in [4.78, 5) is 12.9. The number of quaternary nitrogens is 1. The molecule has 7 atom stereocenters. The van der Waals surface area contributed by atoms with Crippen LogP contribution in [0.25, 0.3) is 0 Å². The monoisotopic (exact) mass is 449 g/mol. The van der Waals surface area contributed by atoms with Gasteiger partial charge in [0.05, 0.1) is 32.8 Å². The first kappa shape index (κ1) is 18.9. The lowest BCUT2D eigenvalue weighted by molar-refractivity contribution is -0.891. The van der Waals surface area contributed by atoms with Crippen molar-refractivity contribution >= 4 is 5.97 Å². The molecule has 2 heterocycles. The SMILES string of the molecule is CC[N+](C)(C)CC1C(=O)O[C@@]23C1CC[C@H](C)C2CC[C@@]1(C)O[C@@H]31.[I-]. The van der Waals surface area contributed by atoms with Crippen LogP contribution in [0.15, 0.2) is 0 Å². The average molecular weight is 449 g/mol. The van der Waals surface area contributed by atoms with Gasteiger partial charge >= 0.3 is 5.97 Å². The summed E-state index contributed by atoms with van der Waals surface area (Å²) in [6.45, 7) is 8.70. The van der Waals surface area contributed by atoms with Gasteiger partial charge in [0.1, 0.15) is 17.6 Å². The Kier molecular flexibility index (Phi) is 4.58. The van der Waals surface area contributed by atoms with E-state index in [2.05, 4.69) is 34.9 Å². The summed E-state index contributed by atoms with van der Waals surface area (Å²) in [6.07, 6.45) is 4.77. The fourth-order valence-corrected chi connectivity index (χ4v) is 5.92. The zero-order valence-electron chi connectivity index (χ0n) is 15.7. The molecule has 4 aliphatic rings. The maximum Gasteiger partial charge on any atom is 0.315 e. The molecule has 2 aliphatic carbocycles. The number of carbonyl (C=O) groups excluding carboxylic acids is 1. The molecule has 4 rings (SSSR count). The Labute approximate surface area is 163 Å². The Bertz CT molecular complexity index is 539. The lowest BCUT2D eigenvalue weighted by atomic mass is 9.55. The zero-order valence-corrected chi connectivity index (χ0v) is 17.8. The molecule has 138 valence electrons. The Balaban J connectivity index is 0.00000169. The number of hydrogen-bond acceptors (Lipinski definition) is 3. The van der Waals surface area contributed by atoms with Gasteiger partial charge in [-0.2, -0.15) is 0 Å². The Morgan fingerprint density at radius 3 is 2.58 bits per heavy atom. The van der Waals surface area contributed by atoms with E-state index in [1.54, 1.807) is 0 Å². The molecule has 3 unspecified atom stereocenters. The van der Waals surface area contributed by atoms with Gasteiger partial charge in [-0.3, -0.25) is 4.79 Å². The van der Waals surface area contributed by atoms with Crippen LogP contribution in [-0.4, -0.2) is 54.9 Å². The molecule has 0 aromatic heterocycles. The van der Waals surface area contributed by atoms with E-state index < -0.39 is 0 Å². The van der Waals surface area contributed by atoms with Crippen LogP contribution in [0.3, 0.4) is 0 Å². The van der Waals surface area contributed by atoms with Crippen LogP contribution >= 0.6 is 0 Å². The van der Waals surface area contributed by atoms with Gasteiger partial charge in [-0.1, -0.05) is 6.92 Å². The quantitative estimate of drug-likeness (QED) is 0.255. The number of esters is 1. The Morgan fingerprint density at radius 1 is 1.21 bits per heavy atom. The minimum atomic E-state index is -0.319. The predicted molar refractivity (Wildman–Crippen MR) is 87.7 cm³/mol. The van der Waals surface area contributed by atoms with Gasteiger partial charge in [0.2, 0.25) is 0 Å². The number of carbonyl (C=O) groups is 1. The van der Waals surface area contributed by atoms with E-state index in [4.69, 9.17) is 9.47 Å². The lowest BCUT2D eigenvalue weighted by Crippen LogP contribution is -3.00. The lowest BCUT2D eigenvalue weighted by Gasteiger charge is -2.50. The summed E-state index contributed by atoms with van der Waals surface area (Å²) in [5.41, 5.74) is -0.351. The molecule has 0 radical (unpaired) electrons. The number of hydrogen-bond donors (Lipinski definition) is 0. The summed E-state index contributed by atoms with van der Waals surface area (Å²) in [7, 11) is 4.44. The van der Waals surface area contributed by atoms with Crippen LogP contribution in [0.1, 0.15) is 46.5 Å². The fourth-order valence-electron chi connectivity index (χ4n) is 5.92. The molecular weight excluding hydrogens is 417 g/mol. The van der Waals surface area contributed by atoms with Crippen molar-refractivity contribution in [1.82, 2.24) is 0 Å². The first-order chi connectivity index (χ1) is 10.7. The normalized spacial score (nSPS) is 49.4. The van der Waals surface area contributed by atoms with Crippen molar-refractivity contribution in [3.63, 3.8) is 0 Å². The molecule has 0 N–H and O–H groups in total. The van der Waals surface area contributed by atoms with E-state index in [1.807, 2.05) is 0 Å². The standard InChI is InChI=1S/C19H32NO3.HI/c1-6-20(4,5)11-13-15-8-7-12(2)14-9-10-18(3)17(23-18)19(14,15)22-16(13)21;/h12-15,17H,6-11H2,1-5H3;1H/q+1;/p-1/t12-,13?,14?,15?,17+,18+,19+;/m0./s1. The number of fused-ring (bicyclic) bond motifs is 1. The summed E-state index contributed by atoms with van der Waals surface area (Å²) in [5, 5.41) is 0. The third-order valence-corrected chi connectivity index (χ3v) is 7.64. The maximum atomic E-state index is 12.9. The second-order valence-electron chi connectivity index (χ2n) is 9.43. The van der Waals surface area contributed by atoms with Gasteiger partial charge in [0.15, 0.2) is 0 Å². The Hall–Kier alpha value is 0.120. The summed E-state index contributed by atoms with van der Waals surface area (Å²) < 4.78 is 13.3. The van der Waals surface area contributed by atoms with E-state index in [-0.39, 0.29) is 53.2 Å². The summed E-state index contributed by atoms with van der Waals surface area (Å²) >= 11 is 0. The topological polar surface area (TPSA) is 38.8 Å². The zero-order chi connectivity index (χ0) is 16.6. The predicted octanol–water partition coefficient (Wildman–Crippen LogP) is -0.388. The molecule has 1 spiro atoms. The van der Waals surface area contributed by atoms with E-state index in [0.29, 0.717) is 17.8 Å². The number of halogens is 1. The van der Waals surface area contributed by atoms with Crippen molar-refractivity contribution in [3.8, 4) is 0 Å². The third kappa shape index (κ3) is 2.48. The highest BCUT2D eigenvalue weighted by atomic mass is 127. The molecule has 0 bridgehead atoms. The molecule has 5 heteroatoms. The van der Waals surface area contributed by atoms with E-state index in [0.717, 1.165) is 36.8 Å². The van der Waals surface area contributed by atoms with Gasteiger partial charge in [0.25, 0.3) is 0 Å². The van der Waals surface area contributed by atoms with Gasteiger partial charge in [-0.05, 0) is 45.4 Å². The van der Waals surface area contributed by atoms with Crippen LogP contribution in [0.5, 0.6) is 0 Å². The summed E-state index contributed by atoms with van der Waals surface area (Å²) in [5.74, 6) is 1.58. The van der Waals surface area contributed by atoms with Crippen molar-refractivity contribution in [3.05, 3.63) is 0 Å². The van der Waals surface area contributed by atoms with Crippen molar-refractivity contribution in [2.75, 3.05) is 27.2 Å². The van der Waals surface area contributed by atoms with Crippen LogP contribution in [0.2, 0.25) is 0 Å². The van der Waals surface area contributed by atoms with Gasteiger partial charge < -0.3 is 37.9 Å². The van der Waals surface area contributed by atoms with E-state index in [9.17, 15) is 4.79 Å². The molecular formula is C19H32INO3. The van der Waals surface area contributed by atoms with Crippen LogP contribution < -0.4 is 24.0 Å². The first-order valence-electron chi connectivity index (χ1n) is 9.46. The number of epoxide rings is 1. The molecule has 2 aliphatic heterocycles. The van der Waals surface area contributed by atoms with Crippen LogP contribution in [-0.2, 0) is 14.3 Å². The number of ether oxygens (including phenoxy) is 2. The van der Waals surface area contributed by atoms with Crippen molar-refractivity contribution in [1.29, 1.82) is 0 Å². The van der Waals surface area contributed by atoms with Gasteiger partial charge in [-0.25, -0.2) is 0 Å². The second kappa shape index (κ2) is 5.81. The number of nitrogens with zero attached hydrogens (tertiary/aromatic N) is 1. The maximum absolute atomic E-state index is 12.9. The molecule has 24 heavy (non-hydrogen) atoms. The fraction of sp³-hybridized carbons (Fsp3) is 0.947. The summed E-state index contributed by atoms with van der Waals surface area (Å²) in [6, 6.07) is 0. The van der Waals surface area contributed by atoms with Crippen LogP contribution in [0.4, 0.5) is 0 Å². The van der Waals surface area contributed by atoms with Crippen molar-refractivity contribution < 1.29 is 42.7 Å². The Morgan fingerprint density at radius 2 is 1.92 bits per heavy atom. The first-order valence-corrected chi connectivity index (χ1v) is 9.46. The van der Waals surface area contributed by atoms with Crippen molar-refractivity contribution in [2.45, 2.75) is 63.8 Å². The molecule has 0 aromatic rings. The highest BCUT2D eigenvalue weighted by Crippen LogP contribution is 2.66. The van der Waals surface area contributed by atoms with E-state index in [1.165, 1.54) is 6.42 Å². The molecule has 2 saturated carbocycles. The van der Waals surface area contributed by atoms with E-state index >= 15 is 0 Å². The molecule has 2 saturated heterocycles. The second-order valence-corrected chi connectivity index (χ2v) is 9.43. The minimum Gasteiger partial charge on any atom is -1.00 e. The minimum absolute atomic E-state index is 0. The van der Waals surface area contributed by atoms with Crippen LogP contribution in [0, 0.1) is 23.7 Å². The van der Waals surface area contributed by atoms with Crippen molar-refractivity contribution in [2.24, 2.45) is 23.7 Å². The molecule has 4 nitrogen and oxygen atoms in total. The average Bonchev–Trinajstić information content (AvgIpc) is 3.11. The number of rotatable bonds is 3. The third-order valence-electron chi connectivity index (χ3n) is 7.64.